The maximum atomic E-state index is 14.0. The van der Waals surface area contributed by atoms with Crippen LogP contribution in [0.25, 0.3) is 5.57 Å². The fraction of sp³-hybridized carbons (Fsp3) is 0.452. The average Bonchev–Trinajstić information content (AvgIpc) is 3.34. The topological polar surface area (TPSA) is 187 Å². The highest BCUT2D eigenvalue weighted by atomic mass is 16.6. The number of benzene rings is 1. The molecule has 276 valence electrons. The van der Waals surface area contributed by atoms with Gasteiger partial charge in [0.05, 0.1) is 29.5 Å². The fourth-order valence-electron chi connectivity index (χ4n) is 12.0. The third-order valence-electron chi connectivity index (χ3n) is 14.4. The summed E-state index contributed by atoms with van der Waals surface area (Å²) in [5.41, 5.74) is -0.602. The number of hydrogen-bond acceptors (Lipinski definition) is 11. The molecule has 11 nitrogen and oxygen atoms in total. The Bertz CT molecular complexity index is 2230. The summed E-state index contributed by atoms with van der Waals surface area (Å²) in [6.07, 6.45) is 12.7. The highest BCUT2D eigenvalue weighted by Crippen LogP contribution is 2.81. The highest BCUT2D eigenvalue weighted by Gasteiger charge is 2.87. The molecule has 53 heavy (non-hydrogen) atoms. The molecule has 11 heteroatoms. The van der Waals surface area contributed by atoms with E-state index in [0.717, 1.165) is 19.3 Å². The number of furan rings is 1. The van der Waals surface area contributed by atoms with E-state index >= 15 is 0 Å². The third-order valence-corrected chi connectivity index (χ3v) is 14.4. The van der Waals surface area contributed by atoms with Crippen molar-refractivity contribution in [3.05, 3.63) is 100 Å². The zero-order chi connectivity index (χ0) is 37.8. The van der Waals surface area contributed by atoms with Crippen LogP contribution in [0.2, 0.25) is 0 Å². The number of phenols is 2. The summed E-state index contributed by atoms with van der Waals surface area (Å²) in [5, 5.41) is 51.4. The SMILES string of the molecule is CC1(C)C(=O)C=CC2(C)C1=C(O)C(=O)C1(C)C2CCC2(C)C(c3ccoc3)CC3OC321.O=C1C=CC2=C3c4cc(O)c(O)cc4CC3(O)COC2=C1O. The first-order valence-electron chi connectivity index (χ1n) is 18.1. The maximum Gasteiger partial charge on any atom is 0.224 e. The molecule has 5 N–H and O–H groups in total. The van der Waals surface area contributed by atoms with E-state index in [4.69, 9.17) is 13.9 Å². The second kappa shape index (κ2) is 10.2. The number of carbonyl (C=O) groups excluding carboxylic acids is 3. The lowest BCUT2D eigenvalue weighted by atomic mass is 9.39. The Balaban J connectivity index is 0.000000149. The molecule has 8 unspecified atom stereocenters. The Hall–Kier alpha value is -4.87. The lowest BCUT2D eigenvalue weighted by Gasteiger charge is -2.62. The predicted octanol–water partition coefficient (Wildman–Crippen LogP) is 5.97. The fourth-order valence-corrected chi connectivity index (χ4v) is 12.0. The van der Waals surface area contributed by atoms with E-state index in [1.165, 1.54) is 29.8 Å². The van der Waals surface area contributed by atoms with Crippen molar-refractivity contribution in [1.82, 2.24) is 0 Å². The molecular formula is C42H42O11. The Kier molecular flexibility index (Phi) is 6.53. The van der Waals surface area contributed by atoms with Crippen LogP contribution >= 0.6 is 0 Å². The van der Waals surface area contributed by atoms with E-state index in [2.05, 4.69) is 13.8 Å². The molecule has 1 aromatic heterocycles. The second-order valence-electron chi connectivity index (χ2n) is 17.2. The standard InChI is InChI=1S/C26H30O5.C16H12O6/c1-22(2)17(27)7-9-23(3)16-6-10-24(4)15(14-8-11-30-13-14)12-18-26(24,31-18)25(16,5)21(29)19(28)20(22)23;17-10-2-1-8-13-9-4-12(19)11(18)3-7(9)5-16(13,21)6-22-15(8)14(10)20/h7-9,11,13,15-16,18,28H,6,10,12H2,1-5H3;1-4,18-21H,5-6H2. The van der Waals surface area contributed by atoms with Crippen molar-refractivity contribution in [3.63, 3.8) is 0 Å². The zero-order valence-electron chi connectivity index (χ0n) is 30.1. The van der Waals surface area contributed by atoms with E-state index in [0.29, 0.717) is 27.8 Å². The Morgan fingerprint density at radius 3 is 2.36 bits per heavy atom. The number of fused-ring (bicyclic) bond motifs is 7. The Morgan fingerprint density at radius 2 is 1.64 bits per heavy atom. The molecule has 1 aromatic carbocycles. The van der Waals surface area contributed by atoms with Gasteiger partial charge in [-0.15, -0.1) is 0 Å². The number of aliphatic hydroxyl groups is 3. The summed E-state index contributed by atoms with van der Waals surface area (Å²) < 4.78 is 17.3. The molecule has 10 rings (SSSR count). The number of ketones is 3. The van der Waals surface area contributed by atoms with Crippen molar-refractivity contribution in [2.45, 2.75) is 83.5 Å². The molecule has 6 aliphatic carbocycles. The van der Waals surface area contributed by atoms with Gasteiger partial charge in [-0.25, -0.2) is 0 Å². The average molecular weight is 723 g/mol. The van der Waals surface area contributed by atoms with Crippen molar-refractivity contribution in [3.8, 4) is 11.5 Å². The maximum absolute atomic E-state index is 14.0. The lowest BCUT2D eigenvalue weighted by molar-refractivity contribution is -0.162. The van der Waals surface area contributed by atoms with Gasteiger partial charge in [0.15, 0.2) is 28.8 Å². The van der Waals surface area contributed by atoms with Crippen molar-refractivity contribution in [2.75, 3.05) is 6.61 Å². The monoisotopic (exact) mass is 722 g/mol. The molecule has 0 bridgehead atoms. The van der Waals surface area contributed by atoms with Gasteiger partial charge < -0.3 is 39.4 Å². The summed E-state index contributed by atoms with van der Waals surface area (Å²) in [6.45, 7) is 9.90. The molecule has 2 saturated carbocycles. The van der Waals surface area contributed by atoms with Gasteiger partial charge in [0.2, 0.25) is 17.3 Å². The number of ether oxygens (including phenoxy) is 2. The van der Waals surface area contributed by atoms with Gasteiger partial charge in [0, 0.05) is 28.4 Å². The zero-order valence-corrected chi connectivity index (χ0v) is 30.1. The number of Topliss-reactive ketones (excluding diaryl/α,β-unsaturated/α-hetero) is 1. The van der Waals surface area contributed by atoms with Crippen LogP contribution in [0.3, 0.4) is 0 Å². The van der Waals surface area contributed by atoms with Crippen LogP contribution in [0, 0.1) is 27.6 Å². The Labute approximate surface area is 305 Å². The van der Waals surface area contributed by atoms with Gasteiger partial charge in [0.25, 0.3) is 0 Å². The molecule has 3 fully saturated rings. The van der Waals surface area contributed by atoms with Crippen molar-refractivity contribution >= 4 is 22.9 Å². The van der Waals surface area contributed by atoms with Crippen LogP contribution in [0.4, 0.5) is 0 Å². The summed E-state index contributed by atoms with van der Waals surface area (Å²) in [5.74, 6) is -1.89. The van der Waals surface area contributed by atoms with Gasteiger partial charge in [-0.3, -0.25) is 14.4 Å². The summed E-state index contributed by atoms with van der Waals surface area (Å²) in [7, 11) is 0. The first-order valence-corrected chi connectivity index (χ1v) is 18.1. The Morgan fingerprint density at radius 1 is 0.906 bits per heavy atom. The number of rotatable bonds is 1. The summed E-state index contributed by atoms with van der Waals surface area (Å²) >= 11 is 0. The quantitative estimate of drug-likeness (QED) is 0.172. The number of phenolic OH excluding ortho intramolecular Hbond substituents is 2. The highest BCUT2D eigenvalue weighted by molar-refractivity contribution is 6.07. The first-order chi connectivity index (χ1) is 24.9. The van der Waals surface area contributed by atoms with E-state index < -0.39 is 39.0 Å². The molecular weight excluding hydrogens is 680 g/mol. The minimum absolute atomic E-state index is 0.00527. The number of allylic oxidation sites excluding steroid dienone is 6. The van der Waals surface area contributed by atoms with E-state index in [9.17, 15) is 39.9 Å². The molecule has 0 amide bonds. The molecule has 1 saturated heterocycles. The molecule has 2 aromatic rings. The first kappa shape index (κ1) is 33.9. The van der Waals surface area contributed by atoms with E-state index in [-0.39, 0.29) is 71.0 Å². The van der Waals surface area contributed by atoms with Gasteiger partial charge >= 0.3 is 0 Å². The number of carbonyl (C=O) groups is 3. The summed E-state index contributed by atoms with van der Waals surface area (Å²) in [6, 6.07) is 4.80. The van der Waals surface area contributed by atoms with Crippen molar-refractivity contribution in [1.29, 1.82) is 0 Å². The smallest absolute Gasteiger partial charge is 0.224 e. The van der Waals surface area contributed by atoms with E-state index in [1.54, 1.807) is 12.3 Å². The van der Waals surface area contributed by atoms with Crippen LogP contribution in [-0.2, 0) is 30.3 Å². The molecule has 8 atom stereocenters. The molecule has 1 spiro atoms. The van der Waals surface area contributed by atoms with Gasteiger partial charge in [-0.2, -0.15) is 0 Å². The van der Waals surface area contributed by atoms with Crippen molar-refractivity contribution in [2.24, 2.45) is 27.6 Å². The minimum Gasteiger partial charge on any atom is -0.504 e. The normalized spacial score (nSPS) is 39.6. The molecule has 2 aliphatic heterocycles. The van der Waals surface area contributed by atoms with Gasteiger partial charge in [-0.1, -0.05) is 19.9 Å². The van der Waals surface area contributed by atoms with Crippen molar-refractivity contribution < 1.29 is 53.8 Å². The second-order valence-corrected chi connectivity index (χ2v) is 17.2. The predicted molar refractivity (Wildman–Crippen MR) is 188 cm³/mol. The van der Waals surface area contributed by atoms with E-state index in [1.807, 2.05) is 39.2 Å². The van der Waals surface area contributed by atoms with Gasteiger partial charge in [0.1, 0.15) is 17.8 Å². The number of hydrogen-bond donors (Lipinski definition) is 5. The molecule has 0 radical (unpaired) electrons. The van der Waals surface area contributed by atoms with Crippen LogP contribution in [-0.4, -0.2) is 66.8 Å². The number of aromatic hydroxyl groups is 2. The lowest BCUT2D eigenvalue weighted by Crippen LogP contribution is -2.66. The van der Waals surface area contributed by atoms with Crippen LogP contribution in [0.5, 0.6) is 11.5 Å². The largest absolute Gasteiger partial charge is 0.504 e. The third kappa shape index (κ3) is 3.89. The number of aliphatic hydroxyl groups excluding tert-OH is 2. The van der Waals surface area contributed by atoms with Gasteiger partial charge in [-0.05, 0) is 111 Å². The number of epoxide rings is 1. The molecule has 3 heterocycles. The molecule has 8 aliphatic rings. The van der Waals surface area contributed by atoms with Crippen LogP contribution < -0.4 is 0 Å². The van der Waals surface area contributed by atoms with Crippen LogP contribution in [0.1, 0.15) is 76.5 Å². The van der Waals surface area contributed by atoms with Crippen LogP contribution in [0.15, 0.2) is 87.9 Å². The minimum atomic E-state index is -1.33. The summed E-state index contributed by atoms with van der Waals surface area (Å²) in [4.78, 5) is 38.3.